The van der Waals surface area contributed by atoms with Crippen LogP contribution in [-0.2, 0) is 4.79 Å². The normalized spacial score (nSPS) is 13.9. The van der Waals surface area contributed by atoms with E-state index in [-0.39, 0.29) is 16.7 Å². The van der Waals surface area contributed by atoms with E-state index < -0.39 is 5.97 Å². The maximum Gasteiger partial charge on any atom is 0.348 e. The number of carbonyl (C=O) groups excluding carboxylic acids is 1. The lowest BCUT2D eigenvalue weighted by molar-refractivity contribution is -0.121. The second-order valence-corrected chi connectivity index (χ2v) is 8.42. The summed E-state index contributed by atoms with van der Waals surface area (Å²) in [6, 6.07) is 11.5. The fraction of sp³-hybridized carbons (Fsp3) is 0.304. The van der Waals surface area contributed by atoms with E-state index >= 15 is 0 Å². The number of benzene rings is 1. The molecule has 3 rings (SSSR count). The lowest BCUT2D eigenvalue weighted by Crippen LogP contribution is -2.36. The van der Waals surface area contributed by atoms with E-state index in [4.69, 9.17) is 0 Å². The van der Waals surface area contributed by atoms with Crippen molar-refractivity contribution in [2.24, 2.45) is 5.92 Å². The van der Waals surface area contributed by atoms with Crippen molar-refractivity contribution in [1.82, 2.24) is 0 Å². The van der Waals surface area contributed by atoms with Crippen molar-refractivity contribution in [3.8, 4) is 10.4 Å². The third-order valence-electron chi connectivity index (χ3n) is 4.74. The molecule has 0 saturated carbocycles. The molecule has 1 aliphatic rings. The molecule has 2 aromatic rings. The zero-order valence-corrected chi connectivity index (χ0v) is 17.3. The largest absolute Gasteiger partial charge is 0.477 e. The average molecular weight is 396 g/mol. The number of nitrogens with zero attached hydrogens (tertiary/aromatic N) is 1. The van der Waals surface area contributed by atoms with E-state index in [0.29, 0.717) is 12.2 Å². The SMILES string of the molecule is CC1=CCCC(CN(C(=O)C(C)C)c2cc(-c3ccccc3)sc2C(=O)O)=C1. The van der Waals surface area contributed by atoms with Crippen LogP contribution in [0.15, 0.2) is 59.7 Å². The summed E-state index contributed by atoms with van der Waals surface area (Å²) in [6.07, 6.45) is 6.12. The van der Waals surface area contributed by atoms with Crippen LogP contribution in [0.3, 0.4) is 0 Å². The van der Waals surface area contributed by atoms with E-state index in [0.717, 1.165) is 28.9 Å². The Bertz CT molecular complexity index is 938. The third kappa shape index (κ3) is 4.42. The number of carboxylic acids is 1. The first-order valence-electron chi connectivity index (χ1n) is 9.47. The van der Waals surface area contributed by atoms with Crippen molar-refractivity contribution in [3.63, 3.8) is 0 Å². The Hall–Kier alpha value is -2.66. The minimum Gasteiger partial charge on any atom is -0.477 e. The van der Waals surface area contributed by atoms with Crippen LogP contribution in [0.1, 0.15) is 43.3 Å². The number of hydrogen-bond donors (Lipinski definition) is 1. The number of aromatic carboxylic acids is 1. The minimum atomic E-state index is -1.00. The average Bonchev–Trinajstić information content (AvgIpc) is 3.12. The van der Waals surface area contributed by atoms with Gasteiger partial charge < -0.3 is 10.0 Å². The molecular weight excluding hydrogens is 370 g/mol. The van der Waals surface area contributed by atoms with E-state index in [1.807, 2.05) is 50.2 Å². The highest BCUT2D eigenvalue weighted by molar-refractivity contribution is 7.18. The molecular formula is C23H25NO3S. The van der Waals surface area contributed by atoms with Crippen LogP contribution in [0.25, 0.3) is 10.4 Å². The number of carbonyl (C=O) groups is 2. The Morgan fingerprint density at radius 2 is 1.93 bits per heavy atom. The third-order valence-corrected chi connectivity index (χ3v) is 5.90. The molecule has 1 N–H and O–H groups in total. The highest BCUT2D eigenvalue weighted by atomic mass is 32.1. The zero-order valence-electron chi connectivity index (χ0n) is 16.4. The molecule has 1 aliphatic carbocycles. The Labute approximate surface area is 169 Å². The van der Waals surface area contributed by atoms with Gasteiger partial charge in [0.15, 0.2) is 0 Å². The lowest BCUT2D eigenvalue weighted by Gasteiger charge is -2.26. The molecule has 1 heterocycles. The molecule has 0 spiro atoms. The van der Waals surface area contributed by atoms with Crippen LogP contribution in [0.2, 0.25) is 0 Å². The summed E-state index contributed by atoms with van der Waals surface area (Å²) in [5.41, 5.74) is 3.78. The van der Waals surface area contributed by atoms with Gasteiger partial charge in [0.1, 0.15) is 4.88 Å². The zero-order chi connectivity index (χ0) is 20.3. The Kier molecular flexibility index (Phi) is 6.15. The van der Waals surface area contributed by atoms with Crippen molar-refractivity contribution in [1.29, 1.82) is 0 Å². The standard InChI is InChI=1S/C23H25NO3S/c1-15(2)22(25)24(14-17-9-7-8-16(3)12-17)19-13-20(28-21(19)23(26)27)18-10-5-4-6-11-18/h4-6,8,10-13,15H,7,9,14H2,1-3H3,(H,26,27). The van der Waals surface area contributed by atoms with Crippen LogP contribution < -0.4 is 4.90 Å². The first kappa shape index (κ1) is 20.1. The van der Waals surface area contributed by atoms with Gasteiger partial charge in [-0.2, -0.15) is 0 Å². The molecule has 28 heavy (non-hydrogen) atoms. The van der Waals surface area contributed by atoms with Gasteiger partial charge in [0.25, 0.3) is 0 Å². The van der Waals surface area contributed by atoms with Crippen molar-refractivity contribution in [2.75, 3.05) is 11.4 Å². The van der Waals surface area contributed by atoms with Crippen LogP contribution in [0.5, 0.6) is 0 Å². The summed E-state index contributed by atoms with van der Waals surface area (Å²) in [4.78, 5) is 27.7. The van der Waals surface area contributed by atoms with Crippen LogP contribution >= 0.6 is 11.3 Å². The summed E-state index contributed by atoms with van der Waals surface area (Å²) in [7, 11) is 0. The molecule has 0 aliphatic heterocycles. The van der Waals surface area contributed by atoms with Crippen LogP contribution in [-0.4, -0.2) is 23.5 Å². The number of anilines is 1. The van der Waals surface area contributed by atoms with Gasteiger partial charge in [-0.1, -0.05) is 61.9 Å². The van der Waals surface area contributed by atoms with Crippen molar-refractivity contribution >= 4 is 28.9 Å². The number of carboxylic acid groups (broad SMARTS) is 1. The molecule has 0 fully saturated rings. The van der Waals surface area contributed by atoms with Gasteiger partial charge in [-0.3, -0.25) is 4.79 Å². The molecule has 1 amide bonds. The van der Waals surface area contributed by atoms with Gasteiger partial charge in [0.2, 0.25) is 5.91 Å². The molecule has 1 aromatic carbocycles. The first-order chi connectivity index (χ1) is 13.4. The predicted octanol–water partition coefficient (Wildman–Crippen LogP) is 5.77. The Morgan fingerprint density at radius 1 is 1.21 bits per heavy atom. The van der Waals surface area contributed by atoms with Crippen molar-refractivity contribution in [2.45, 2.75) is 33.6 Å². The number of amides is 1. The Balaban J connectivity index is 2.06. The van der Waals surface area contributed by atoms with Crippen molar-refractivity contribution in [3.05, 3.63) is 64.6 Å². The molecule has 0 bridgehead atoms. The summed E-state index contributed by atoms with van der Waals surface area (Å²) in [5, 5.41) is 9.79. The highest BCUT2D eigenvalue weighted by Crippen LogP contribution is 2.38. The quantitative estimate of drug-likeness (QED) is 0.675. The first-order valence-corrected chi connectivity index (χ1v) is 10.3. The summed E-state index contributed by atoms with van der Waals surface area (Å²) in [6.45, 7) is 6.17. The predicted molar refractivity (Wildman–Crippen MR) is 115 cm³/mol. The molecule has 146 valence electrons. The highest BCUT2D eigenvalue weighted by Gasteiger charge is 2.27. The lowest BCUT2D eigenvalue weighted by atomic mass is 9.99. The van der Waals surface area contributed by atoms with Gasteiger partial charge in [0, 0.05) is 17.3 Å². The molecule has 4 nitrogen and oxygen atoms in total. The number of hydrogen-bond acceptors (Lipinski definition) is 3. The monoisotopic (exact) mass is 395 g/mol. The molecule has 0 saturated heterocycles. The van der Waals surface area contributed by atoms with Gasteiger partial charge in [-0.15, -0.1) is 11.3 Å². The smallest absolute Gasteiger partial charge is 0.348 e. The van der Waals surface area contributed by atoms with Crippen molar-refractivity contribution < 1.29 is 14.7 Å². The van der Waals surface area contributed by atoms with E-state index in [2.05, 4.69) is 19.1 Å². The molecule has 0 atom stereocenters. The van der Waals surface area contributed by atoms with E-state index in [1.54, 1.807) is 4.90 Å². The van der Waals surface area contributed by atoms with Crippen LogP contribution in [0.4, 0.5) is 5.69 Å². The topological polar surface area (TPSA) is 57.6 Å². The number of rotatable bonds is 6. The molecule has 0 unspecified atom stereocenters. The number of allylic oxidation sites excluding steroid dienone is 3. The number of thiophene rings is 1. The fourth-order valence-electron chi connectivity index (χ4n) is 3.34. The second kappa shape index (κ2) is 8.57. The fourth-order valence-corrected chi connectivity index (χ4v) is 4.34. The van der Waals surface area contributed by atoms with Gasteiger partial charge in [-0.05, 0) is 37.0 Å². The molecule has 1 aromatic heterocycles. The van der Waals surface area contributed by atoms with Crippen LogP contribution in [0, 0.1) is 5.92 Å². The molecule has 0 radical (unpaired) electrons. The van der Waals surface area contributed by atoms with E-state index in [9.17, 15) is 14.7 Å². The maximum absolute atomic E-state index is 13.0. The minimum absolute atomic E-state index is 0.0620. The second-order valence-electron chi connectivity index (χ2n) is 7.36. The van der Waals surface area contributed by atoms with E-state index in [1.165, 1.54) is 16.9 Å². The molecule has 5 heteroatoms. The summed E-state index contributed by atoms with van der Waals surface area (Å²) in [5.74, 6) is -1.28. The summed E-state index contributed by atoms with van der Waals surface area (Å²) < 4.78 is 0. The van der Waals surface area contributed by atoms with Gasteiger partial charge in [-0.25, -0.2) is 4.79 Å². The maximum atomic E-state index is 13.0. The summed E-state index contributed by atoms with van der Waals surface area (Å²) >= 11 is 1.22. The van der Waals surface area contributed by atoms with Gasteiger partial charge in [0.05, 0.1) is 5.69 Å². The van der Waals surface area contributed by atoms with Gasteiger partial charge >= 0.3 is 5.97 Å². The Morgan fingerprint density at radius 3 is 2.54 bits per heavy atom.